The molecule has 0 amide bonds. The van der Waals surface area contributed by atoms with Crippen LogP contribution in [0, 0.1) is 6.92 Å². The minimum Gasteiger partial charge on any atom is -0.497 e. The lowest BCUT2D eigenvalue weighted by molar-refractivity contribution is 0.131. The zero-order valence-corrected chi connectivity index (χ0v) is 11.1. The Kier molecular flexibility index (Phi) is 4.56. The van der Waals surface area contributed by atoms with Crippen molar-refractivity contribution < 1.29 is 9.57 Å². The molecular weight excluding hydrogens is 238 g/mol. The van der Waals surface area contributed by atoms with Crippen molar-refractivity contribution in [2.24, 2.45) is 5.16 Å². The fourth-order valence-corrected chi connectivity index (χ4v) is 1.62. The first-order valence-electron chi connectivity index (χ1n) is 6.06. The van der Waals surface area contributed by atoms with Crippen molar-refractivity contribution >= 4 is 6.21 Å². The highest BCUT2D eigenvalue weighted by Crippen LogP contribution is 2.10. The molecule has 0 saturated heterocycles. The van der Waals surface area contributed by atoms with Crippen molar-refractivity contribution in [2.75, 3.05) is 7.11 Å². The normalized spacial score (nSPS) is 10.6. The second-order valence-electron chi connectivity index (χ2n) is 4.13. The molecule has 0 atom stereocenters. The van der Waals surface area contributed by atoms with Crippen LogP contribution in [0.25, 0.3) is 0 Å². The first-order chi connectivity index (χ1) is 9.29. The molecule has 0 aliphatic rings. The predicted molar refractivity (Wildman–Crippen MR) is 75.5 cm³/mol. The summed E-state index contributed by atoms with van der Waals surface area (Å²) < 4.78 is 5.08. The quantitative estimate of drug-likeness (QED) is 0.604. The van der Waals surface area contributed by atoms with Crippen LogP contribution in [0.1, 0.15) is 16.7 Å². The van der Waals surface area contributed by atoms with Crippen LogP contribution in [0.5, 0.6) is 5.75 Å². The Morgan fingerprint density at radius 3 is 2.47 bits per heavy atom. The summed E-state index contributed by atoms with van der Waals surface area (Å²) >= 11 is 0. The number of methoxy groups -OCH3 is 1. The molecule has 2 aromatic rings. The van der Waals surface area contributed by atoms with Crippen LogP contribution in [0.15, 0.2) is 53.7 Å². The minimum absolute atomic E-state index is 0.454. The van der Waals surface area contributed by atoms with Gasteiger partial charge >= 0.3 is 0 Å². The lowest BCUT2D eigenvalue weighted by Gasteiger charge is -2.03. The maximum atomic E-state index is 5.24. The average molecular weight is 254 g/mol. The van der Waals surface area contributed by atoms with Crippen LogP contribution in [0.2, 0.25) is 0 Å². The third kappa shape index (κ3) is 3.85. The molecule has 0 spiro atoms. The Morgan fingerprint density at radius 1 is 1.05 bits per heavy atom. The zero-order chi connectivity index (χ0) is 13.5. The molecule has 1 radical (unpaired) electrons. The molecule has 0 unspecified atom stereocenters. The predicted octanol–water partition coefficient (Wildman–Crippen LogP) is 3.43. The van der Waals surface area contributed by atoms with Gasteiger partial charge in [0.05, 0.1) is 7.11 Å². The van der Waals surface area contributed by atoms with Crippen LogP contribution in [0.4, 0.5) is 0 Å². The Balaban J connectivity index is 1.88. The van der Waals surface area contributed by atoms with Crippen LogP contribution in [0.3, 0.4) is 0 Å². The lowest BCUT2D eigenvalue weighted by atomic mass is 10.1. The number of rotatable bonds is 5. The summed E-state index contributed by atoms with van der Waals surface area (Å²) in [6.45, 7) is 2.51. The summed E-state index contributed by atoms with van der Waals surface area (Å²) in [6, 6.07) is 15.5. The Bertz CT molecular complexity index is 547. The Labute approximate surface area is 113 Å². The number of nitrogens with zero attached hydrogens (tertiary/aromatic N) is 1. The highest BCUT2D eigenvalue weighted by atomic mass is 16.6. The molecule has 3 heteroatoms. The van der Waals surface area contributed by atoms with E-state index in [0.29, 0.717) is 6.61 Å². The summed E-state index contributed by atoms with van der Waals surface area (Å²) in [5, 5.41) is 3.84. The smallest absolute Gasteiger partial charge is 0.142 e. The summed E-state index contributed by atoms with van der Waals surface area (Å²) in [5.41, 5.74) is 3.18. The molecular formula is C16H16NO2. The summed E-state index contributed by atoms with van der Waals surface area (Å²) in [6.07, 6.45) is 2.83. The van der Waals surface area contributed by atoms with Crippen molar-refractivity contribution in [3.63, 3.8) is 0 Å². The van der Waals surface area contributed by atoms with Crippen molar-refractivity contribution in [2.45, 2.75) is 13.5 Å². The average Bonchev–Trinajstić information content (AvgIpc) is 2.46. The molecule has 0 aromatic heterocycles. The summed E-state index contributed by atoms with van der Waals surface area (Å²) in [4.78, 5) is 5.24. The van der Waals surface area contributed by atoms with Gasteiger partial charge in [-0.1, -0.05) is 29.4 Å². The van der Waals surface area contributed by atoms with E-state index in [-0.39, 0.29) is 0 Å². The molecule has 3 nitrogen and oxygen atoms in total. The molecule has 0 saturated carbocycles. The van der Waals surface area contributed by atoms with Crippen LogP contribution in [-0.2, 0) is 11.4 Å². The fraction of sp³-hybridized carbons (Fsp3) is 0.188. The number of aryl methyl sites for hydroxylation is 1. The molecule has 0 fully saturated rings. The van der Waals surface area contributed by atoms with Crippen molar-refractivity contribution in [1.82, 2.24) is 0 Å². The van der Waals surface area contributed by atoms with Crippen LogP contribution in [-0.4, -0.2) is 13.3 Å². The SMILES string of the molecule is COc1ccc(/[C]=N\OCc2ccccc2C)cc1. The zero-order valence-electron chi connectivity index (χ0n) is 11.1. The molecule has 19 heavy (non-hydrogen) atoms. The van der Waals surface area contributed by atoms with Gasteiger partial charge in [-0.2, -0.15) is 0 Å². The molecule has 0 heterocycles. The van der Waals surface area contributed by atoms with E-state index >= 15 is 0 Å². The maximum absolute atomic E-state index is 5.24. The Hall–Kier alpha value is -2.29. The fourth-order valence-electron chi connectivity index (χ4n) is 1.62. The number of hydrogen-bond donors (Lipinski definition) is 0. The highest BCUT2D eigenvalue weighted by molar-refractivity contribution is 5.79. The first-order valence-corrected chi connectivity index (χ1v) is 6.06. The second kappa shape index (κ2) is 6.59. The molecule has 2 aromatic carbocycles. The van der Waals surface area contributed by atoms with Gasteiger partial charge in [0.1, 0.15) is 18.6 Å². The van der Waals surface area contributed by atoms with Gasteiger partial charge in [-0.25, -0.2) is 0 Å². The molecule has 0 aliphatic carbocycles. The van der Waals surface area contributed by atoms with E-state index in [2.05, 4.69) is 24.4 Å². The number of ether oxygens (including phenoxy) is 1. The van der Waals surface area contributed by atoms with Gasteiger partial charge in [-0.3, -0.25) is 0 Å². The highest BCUT2D eigenvalue weighted by Gasteiger charge is 1.96. The molecule has 97 valence electrons. The molecule has 0 N–H and O–H groups in total. The Morgan fingerprint density at radius 2 is 1.79 bits per heavy atom. The van der Waals surface area contributed by atoms with Gasteiger partial charge in [0.2, 0.25) is 0 Å². The molecule has 0 bridgehead atoms. The summed E-state index contributed by atoms with van der Waals surface area (Å²) in [5.74, 6) is 0.811. The van der Waals surface area contributed by atoms with Gasteiger partial charge in [-0.15, -0.1) is 0 Å². The van der Waals surface area contributed by atoms with Crippen molar-refractivity contribution in [3.05, 3.63) is 65.2 Å². The maximum Gasteiger partial charge on any atom is 0.142 e. The van der Waals surface area contributed by atoms with Crippen LogP contribution >= 0.6 is 0 Å². The van der Waals surface area contributed by atoms with Gasteiger partial charge in [0.15, 0.2) is 0 Å². The van der Waals surface area contributed by atoms with Gasteiger partial charge in [0, 0.05) is 5.56 Å². The van der Waals surface area contributed by atoms with E-state index < -0.39 is 0 Å². The third-order valence-corrected chi connectivity index (χ3v) is 2.81. The van der Waals surface area contributed by atoms with E-state index in [4.69, 9.17) is 9.57 Å². The van der Waals surface area contributed by atoms with Crippen LogP contribution < -0.4 is 4.74 Å². The molecule has 2 rings (SSSR count). The number of benzene rings is 2. The van der Waals surface area contributed by atoms with E-state index in [0.717, 1.165) is 16.9 Å². The van der Waals surface area contributed by atoms with E-state index in [1.807, 2.05) is 42.5 Å². The standard InChI is InChI=1S/C16H16NO2/c1-13-5-3-4-6-15(13)12-19-17-11-14-7-9-16(18-2)10-8-14/h3-10H,12H2,1-2H3. The number of hydrogen-bond acceptors (Lipinski definition) is 3. The summed E-state index contributed by atoms with van der Waals surface area (Å²) in [7, 11) is 1.64. The molecule has 0 aliphatic heterocycles. The first kappa shape index (κ1) is 13.1. The van der Waals surface area contributed by atoms with Crippen molar-refractivity contribution in [3.8, 4) is 5.75 Å². The van der Waals surface area contributed by atoms with Crippen molar-refractivity contribution in [1.29, 1.82) is 0 Å². The van der Waals surface area contributed by atoms with E-state index in [1.54, 1.807) is 7.11 Å². The topological polar surface area (TPSA) is 30.8 Å². The minimum atomic E-state index is 0.454. The third-order valence-electron chi connectivity index (χ3n) is 2.81. The van der Waals surface area contributed by atoms with E-state index in [9.17, 15) is 0 Å². The monoisotopic (exact) mass is 254 g/mol. The van der Waals surface area contributed by atoms with Gasteiger partial charge < -0.3 is 9.57 Å². The second-order valence-corrected chi connectivity index (χ2v) is 4.13. The van der Waals surface area contributed by atoms with Gasteiger partial charge in [0.25, 0.3) is 0 Å². The lowest BCUT2D eigenvalue weighted by Crippen LogP contribution is -1.91. The van der Waals surface area contributed by atoms with E-state index in [1.165, 1.54) is 5.56 Å². The largest absolute Gasteiger partial charge is 0.497 e. The van der Waals surface area contributed by atoms with Gasteiger partial charge in [-0.05, 0) is 42.3 Å².